The zero-order chi connectivity index (χ0) is 21.1. The molecular formula is C22H22ClNO5. The van der Waals surface area contributed by atoms with Crippen molar-refractivity contribution in [1.29, 1.82) is 0 Å². The van der Waals surface area contributed by atoms with Crippen molar-refractivity contribution < 1.29 is 19.1 Å². The van der Waals surface area contributed by atoms with Gasteiger partial charge in [-0.05, 0) is 38.0 Å². The molecule has 0 aliphatic heterocycles. The average molecular weight is 416 g/mol. The average Bonchev–Trinajstić information content (AvgIpc) is 2.72. The Balaban J connectivity index is 1.71. The summed E-state index contributed by atoms with van der Waals surface area (Å²) >= 11 is 6.31. The van der Waals surface area contributed by atoms with E-state index in [1.165, 1.54) is 6.07 Å². The van der Waals surface area contributed by atoms with Crippen molar-refractivity contribution in [3.05, 3.63) is 74.6 Å². The summed E-state index contributed by atoms with van der Waals surface area (Å²) in [7, 11) is 0. The molecule has 0 aliphatic rings. The van der Waals surface area contributed by atoms with Crippen molar-refractivity contribution in [3.63, 3.8) is 0 Å². The van der Waals surface area contributed by atoms with Gasteiger partial charge in [0.25, 0.3) is 5.91 Å². The fourth-order valence-electron chi connectivity index (χ4n) is 2.91. The monoisotopic (exact) mass is 415 g/mol. The van der Waals surface area contributed by atoms with Gasteiger partial charge in [-0.1, -0.05) is 41.9 Å². The minimum atomic E-state index is -0.869. The molecule has 0 bridgehead atoms. The summed E-state index contributed by atoms with van der Waals surface area (Å²) in [6.45, 7) is 5.13. The first-order chi connectivity index (χ1) is 13.8. The number of carbonyl (C=O) groups excluding carboxylic acids is 1. The first-order valence-corrected chi connectivity index (χ1v) is 9.56. The molecule has 0 unspecified atom stereocenters. The molecular weight excluding hydrogens is 394 g/mol. The van der Waals surface area contributed by atoms with Crippen LogP contribution in [0.4, 0.5) is 0 Å². The van der Waals surface area contributed by atoms with E-state index >= 15 is 0 Å². The molecule has 0 saturated carbocycles. The number of fused-ring (bicyclic) bond motifs is 1. The third-order valence-corrected chi connectivity index (χ3v) is 5.13. The normalized spacial score (nSPS) is 13.1. The number of amides is 1. The number of hydrogen-bond acceptors (Lipinski definition) is 5. The fourth-order valence-corrected chi connectivity index (χ4v) is 3.12. The summed E-state index contributed by atoms with van der Waals surface area (Å²) in [5, 5.41) is 13.8. The second-order valence-electron chi connectivity index (χ2n) is 6.85. The van der Waals surface area contributed by atoms with Gasteiger partial charge in [0.2, 0.25) is 0 Å². The largest absolute Gasteiger partial charge is 0.479 e. The Hall–Kier alpha value is -2.83. The summed E-state index contributed by atoms with van der Waals surface area (Å²) in [6, 6.07) is 12.2. The third-order valence-electron chi connectivity index (χ3n) is 4.84. The quantitative estimate of drug-likeness (QED) is 0.599. The van der Waals surface area contributed by atoms with Crippen LogP contribution in [0, 0.1) is 13.8 Å². The van der Waals surface area contributed by atoms with Crippen molar-refractivity contribution in [2.24, 2.45) is 0 Å². The topological polar surface area (TPSA) is 88.8 Å². The van der Waals surface area contributed by atoms with E-state index in [1.54, 1.807) is 32.0 Å². The molecule has 29 heavy (non-hydrogen) atoms. The second kappa shape index (κ2) is 8.68. The van der Waals surface area contributed by atoms with Crippen molar-refractivity contribution in [2.45, 2.75) is 33.0 Å². The summed E-state index contributed by atoms with van der Waals surface area (Å²) in [5.74, 6) is -0.172. The molecule has 1 aromatic heterocycles. The zero-order valence-corrected chi connectivity index (χ0v) is 17.1. The van der Waals surface area contributed by atoms with Gasteiger partial charge in [-0.15, -0.1) is 0 Å². The SMILES string of the molecule is Cc1c(C)c2cc(Cl)c(O[C@H](C)C(=O)NC[C@H](O)c3ccccc3)cc2oc1=O. The van der Waals surface area contributed by atoms with Gasteiger partial charge in [-0.3, -0.25) is 4.79 Å². The Morgan fingerprint density at radius 1 is 1.21 bits per heavy atom. The van der Waals surface area contributed by atoms with E-state index in [2.05, 4.69) is 5.32 Å². The number of ether oxygens (including phenoxy) is 1. The molecule has 7 heteroatoms. The number of benzene rings is 2. The molecule has 152 valence electrons. The van der Waals surface area contributed by atoms with Crippen LogP contribution in [-0.4, -0.2) is 23.7 Å². The van der Waals surface area contributed by atoms with Gasteiger partial charge in [0.05, 0.1) is 11.1 Å². The third kappa shape index (κ3) is 4.60. The van der Waals surface area contributed by atoms with Crippen molar-refractivity contribution in [3.8, 4) is 5.75 Å². The number of nitrogens with one attached hydrogen (secondary N) is 1. The van der Waals surface area contributed by atoms with E-state index < -0.39 is 23.7 Å². The lowest BCUT2D eigenvalue weighted by atomic mass is 10.1. The Kier molecular flexibility index (Phi) is 6.25. The summed E-state index contributed by atoms with van der Waals surface area (Å²) < 4.78 is 11.0. The van der Waals surface area contributed by atoms with Gasteiger partial charge in [-0.25, -0.2) is 4.79 Å². The van der Waals surface area contributed by atoms with E-state index in [4.69, 9.17) is 20.8 Å². The molecule has 3 aromatic rings. The lowest BCUT2D eigenvalue weighted by Crippen LogP contribution is -2.38. The maximum atomic E-state index is 12.3. The van der Waals surface area contributed by atoms with E-state index in [0.717, 1.165) is 5.56 Å². The first kappa shape index (κ1) is 20.9. The zero-order valence-electron chi connectivity index (χ0n) is 16.4. The predicted molar refractivity (Wildman–Crippen MR) is 111 cm³/mol. The number of carbonyl (C=O) groups is 1. The number of halogens is 1. The second-order valence-corrected chi connectivity index (χ2v) is 7.26. The highest BCUT2D eigenvalue weighted by atomic mass is 35.5. The maximum absolute atomic E-state index is 12.3. The molecule has 0 spiro atoms. The number of rotatable bonds is 6. The molecule has 2 atom stereocenters. The Morgan fingerprint density at radius 2 is 1.90 bits per heavy atom. The predicted octanol–water partition coefficient (Wildman–Crippen LogP) is 3.68. The Labute approximate surface area is 173 Å². The number of aliphatic hydroxyl groups is 1. The van der Waals surface area contributed by atoms with Gasteiger partial charge in [0, 0.05) is 23.6 Å². The minimum absolute atomic E-state index is 0.0509. The van der Waals surface area contributed by atoms with Crippen LogP contribution in [0.2, 0.25) is 5.02 Å². The van der Waals surface area contributed by atoms with Crippen LogP contribution in [0.25, 0.3) is 11.0 Å². The van der Waals surface area contributed by atoms with Crippen LogP contribution in [0.5, 0.6) is 5.75 Å². The molecule has 2 aromatic carbocycles. The van der Waals surface area contributed by atoms with Crippen LogP contribution < -0.4 is 15.7 Å². The molecule has 1 amide bonds. The number of aryl methyl sites for hydroxylation is 1. The van der Waals surface area contributed by atoms with E-state index in [9.17, 15) is 14.7 Å². The van der Waals surface area contributed by atoms with Gasteiger partial charge in [-0.2, -0.15) is 0 Å². The molecule has 6 nitrogen and oxygen atoms in total. The van der Waals surface area contributed by atoms with Gasteiger partial charge >= 0.3 is 5.63 Å². The molecule has 3 rings (SSSR count). The van der Waals surface area contributed by atoms with E-state index in [1.807, 2.05) is 25.1 Å². The highest BCUT2D eigenvalue weighted by molar-refractivity contribution is 6.32. The molecule has 0 fully saturated rings. The van der Waals surface area contributed by atoms with Gasteiger partial charge < -0.3 is 19.6 Å². The van der Waals surface area contributed by atoms with Crippen LogP contribution in [0.3, 0.4) is 0 Å². The lowest BCUT2D eigenvalue weighted by Gasteiger charge is -2.18. The van der Waals surface area contributed by atoms with E-state index in [0.29, 0.717) is 27.1 Å². The standard InChI is InChI=1S/C22H22ClNO5/c1-12-13(2)22(27)29-19-10-20(17(23)9-16(12)19)28-14(3)21(26)24-11-18(25)15-7-5-4-6-8-15/h4-10,14,18,25H,11H2,1-3H3,(H,24,26)/t14-,18+/m1/s1. The van der Waals surface area contributed by atoms with Crippen LogP contribution in [0.15, 0.2) is 51.7 Å². The molecule has 2 N–H and O–H groups in total. The van der Waals surface area contributed by atoms with Gasteiger partial charge in [0.1, 0.15) is 11.3 Å². The molecule has 0 saturated heterocycles. The maximum Gasteiger partial charge on any atom is 0.339 e. The molecule has 1 heterocycles. The van der Waals surface area contributed by atoms with Crippen molar-refractivity contribution in [2.75, 3.05) is 6.54 Å². The van der Waals surface area contributed by atoms with Crippen LogP contribution >= 0.6 is 11.6 Å². The summed E-state index contributed by atoms with van der Waals surface area (Å²) in [5.41, 5.74) is 1.92. The Bertz CT molecular complexity index is 1090. The summed E-state index contributed by atoms with van der Waals surface area (Å²) in [6.07, 6.45) is -1.69. The van der Waals surface area contributed by atoms with Gasteiger partial charge in [0.15, 0.2) is 6.10 Å². The Morgan fingerprint density at radius 3 is 2.59 bits per heavy atom. The van der Waals surface area contributed by atoms with E-state index in [-0.39, 0.29) is 12.3 Å². The highest BCUT2D eigenvalue weighted by Crippen LogP contribution is 2.32. The lowest BCUT2D eigenvalue weighted by molar-refractivity contribution is -0.127. The van der Waals surface area contributed by atoms with Crippen LogP contribution in [0.1, 0.15) is 29.7 Å². The summed E-state index contributed by atoms with van der Waals surface area (Å²) in [4.78, 5) is 24.3. The number of hydrogen-bond donors (Lipinski definition) is 2. The smallest absolute Gasteiger partial charge is 0.339 e. The minimum Gasteiger partial charge on any atom is -0.479 e. The first-order valence-electron chi connectivity index (χ1n) is 9.19. The fraction of sp³-hybridized carbons (Fsp3) is 0.273. The van der Waals surface area contributed by atoms with Crippen molar-refractivity contribution in [1.82, 2.24) is 5.32 Å². The highest BCUT2D eigenvalue weighted by Gasteiger charge is 2.19. The molecule has 0 aliphatic carbocycles. The van der Waals surface area contributed by atoms with Crippen LogP contribution in [-0.2, 0) is 4.79 Å². The molecule has 0 radical (unpaired) electrons. The number of aliphatic hydroxyl groups excluding tert-OH is 1. The van der Waals surface area contributed by atoms with Crippen molar-refractivity contribution >= 4 is 28.5 Å².